The minimum atomic E-state index is -1.05. The molecule has 1 amide bonds. The van der Waals surface area contributed by atoms with Gasteiger partial charge in [-0.25, -0.2) is 4.79 Å². The zero-order chi connectivity index (χ0) is 28.7. The molecular weight excluding hydrogens is 526 g/mol. The molecule has 39 heavy (non-hydrogen) atoms. The third-order valence-corrected chi connectivity index (χ3v) is 6.92. The van der Waals surface area contributed by atoms with Crippen LogP contribution in [-0.2, 0) is 23.8 Å². The van der Waals surface area contributed by atoms with Crippen molar-refractivity contribution < 1.29 is 33.0 Å². The molecule has 11 nitrogen and oxygen atoms in total. The molecule has 1 N–H and O–H groups in total. The zero-order valence-corrected chi connectivity index (χ0v) is 24.0. The Morgan fingerprint density at radius 1 is 1.28 bits per heavy atom. The van der Waals surface area contributed by atoms with Crippen molar-refractivity contribution in [2.75, 3.05) is 59.0 Å². The highest BCUT2D eigenvalue weighted by Gasteiger charge is 2.40. The maximum Gasteiger partial charge on any atom is 0.339 e. The smallest absolute Gasteiger partial charge is 0.339 e. The number of hydrogen-bond acceptors (Lipinski definition) is 11. The molecule has 1 aliphatic heterocycles. The first-order valence-electron chi connectivity index (χ1n) is 12.8. The first-order chi connectivity index (χ1) is 18.7. The average Bonchev–Trinajstić information content (AvgIpc) is 3.33. The Hall–Kier alpha value is -2.80. The van der Waals surface area contributed by atoms with Gasteiger partial charge in [0.05, 0.1) is 44.2 Å². The number of aliphatic imine (C=N–C) groups is 2. The maximum atomic E-state index is 13.3. The lowest BCUT2D eigenvalue weighted by Gasteiger charge is -2.24. The SMILES string of the molecule is C=CCOc1cc([C@@H](CCC)NC(=O)[C@]2(C)CSC(C(C)=NCC(=O)COCCOCCOC)=N2)oc(=O)c1. The summed E-state index contributed by atoms with van der Waals surface area (Å²) in [5, 5.41) is 3.59. The van der Waals surface area contributed by atoms with Gasteiger partial charge in [-0.3, -0.25) is 19.6 Å². The molecule has 2 atom stereocenters. The first-order valence-corrected chi connectivity index (χ1v) is 13.8. The van der Waals surface area contributed by atoms with Gasteiger partial charge in [0.1, 0.15) is 41.9 Å². The fourth-order valence-corrected chi connectivity index (χ4v) is 4.59. The predicted octanol–water partition coefficient (Wildman–Crippen LogP) is 2.78. The van der Waals surface area contributed by atoms with Gasteiger partial charge in [-0.05, 0) is 20.3 Å². The Labute approximate surface area is 233 Å². The molecule has 1 aliphatic rings. The molecule has 0 saturated heterocycles. The first kappa shape index (κ1) is 32.4. The number of methoxy groups -OCH3 is 1. The summed E-state index contributed by atoms with van der Waals surface area (Å²) in [7, 11) is 1.60. The van der Waals surface area contributed by atoms with Crippen LogP contribution in [-0.4, -0.2) is 87.0 Å². The monoisotopic (exact) mass is 565 g/mol. The largest absolute Gasteiger partial charge is 0.489 e. The highest BCUT2D eigenvalue weighted by molar-refractivity contribution is 8.16. The van der Waals surface area contributed by atoms with Crippen LogP contribution in [0.3, 0.4) is 0 Å². The summed E-state index contributed by atoms with van der Waals surface area (Å²) >= 11 is 1.40. The van der Waals surface area contributed by atoms with E-state index in [0.717, 1.165) is 6.42 Å². The summed E-state index contributed by atoms with van der Waals surface area (Å²) in [5.41, 5.74) is -1.03. The van der Waals surface area contributed by atoms with Crippen LogP contribution in [0, 0.1) is 0 Å². The van der Waals surface area contributed by atoms with E-state index in [2.05, 4.69) is 21.9 Å². The van der Waals surface area contributed by atoms with Crippen molar-refractivity contribution in [2.45, 2.75) is 45.2 Å². The molecule has 0 aromatic carbocycles. The van der Waals surface area contributed by atoms with E-state index >= 15 is 0 Å². The van der Waals surface area contributed by atoms with Gasteiger partial charge in [0.2, 0.25) is 5.91 Å². The van der Waals surface area contributed by atoms with Gasteiger partial charge in [0.15, 0.2) is 5.78 Å². The van der Waals surface area contributed by atoms with Crippen LogP contribution in [0.1, 0.15) is 45.4 Å². The number of rotatable bonds is 19. The molecule has 12 heteroatoms. The van der Waals surface area contributed by atoms with E-state index in [1.165, 1.54) is 17.8 Å². The van der Waals surface area contributed by atoms with Crippen LogP contribution < -0.4 is 15.7 Å². The lowest BCUT2D eigenvalue weighted by Crippen LogP contribution is -2.45. The summed E-state index contributed by atoms with van der Waals surface area (Å²) in [6.07, 6.45) is 2.88. The Balaban J connectivity index is 1.97. The molecule has 2 heterocycles. The van der Waals surface area contributed by atoms with Crippen molar-refractivity contribution in [3.8, 4) is 5.75 Å². The van der Waals surface area contributed by atoms with E-state index in [1.54, 1.807) is 33.1 Å². The van der Waals surface area contributed by atoms with Crippen LogP contribution >= 0.6 is 11.8 Å². The lowest BCUT2D eigenvalue weighted by atomic mass is 10.0. The van der Waals surface area contributed by atoms with Gasteiger partial charge < -0.3 is 28.7 Å². The second-order valence-electron chi connectivity index (χ2n) is 9.01. The molecule has 0 fully saturated rings. The van der Waals surface area contributed by atoms with E-state index in [0.29, 0.717) is 60.9 Å². The molecule has 2 rings (SSSR count). The van der Waals surface area contributed by atoms with E-state index in [1.807, 2.05) is 6.92 Å². The number of hydrogen-bond donors (Lipinski definition) is 1. The van der Waals surface area contributed by atoms with Crippen LogP contribution in [0.5, 0.6) is 5.75 Å². The topological polar surface area (TPSA) is 138 Å². The summed E-state index contributed by atoms with van der Waals surface area (Å²) in [6.45, 7) is 10.9. The average molecular weight is 566 g/mol. The van der Waals surface area contributed by atoms with Gasteiger partial charge in [0.25, 0.3) is 0 Å². The fourth-order valence-electron chi connectivity index (χ4n) is 3.44. The van der Waals surface area contributed by atoms with E-state index in [-0.39, 0.29) is 31.4 Å². The molecule has 0 radical (unpaired) electrons. The number of amides is 1. The second-order valence-corrected chi connectivity index (χ2v) is 9.97. The van der Waals surface area contributed by atoms with Gasteiger partial charge in [-0.15, -0.1) is 11.8 Å². The number of nitrogens with one attached hydrogen (secondary N) is 1. The number of nitrogens with zero attached hydrogens (tertiary/aromatic N) is 2. The van der Waals surface area contributed by atoms with E-state index in [4.69, 9.17) is 23.4 Å². The van der Waals surface area contributed by atoms with E-state index < -0.39 is 17.2 Å². The van der Waals surface area contributed by atoms with Gasteiger partial charge >= 0.3 is 5.63 Å². The van der Waals surface area contributed by atoms with Crippen LogP contribution in [0.15, 0.2) is 44.0 Å². The number of Topliss-reactive ketones (excluding diaryl/α,β-unsaturated/α-hetero) is 1. The molecule has 0 saturated carbocycles. The molecule has 216 valence electrons. The van der Waals surface area contributed by atoms with Crippen molar-refractivity contribution >= 4 is 34.2 Å². The molecule has 0 aliphatic carbocycles. The molecule has 1 aromatic heterocycles. The zero-order valence-electron chi connectivity index (χ0n) is 23.2. The third-order valence-electron chi connectivity index (χ3n) is 5.55. The molecular formula is C27H39N3O8S. The number of ether oxygens (including phenoxy) is 4. The summed E-state index contributed by atoms with van der Waals surface area (Å²) < 4.78 is 26.3. The van der Waals surface area contributed by atoms with Crippen molar-refractivity contribution in [3.05, 3.63) is 41.0 Å². The highest BCUT2D eigenvalue weighted by Crippen LogP contribution is 2.30. The number of carbonyl (C=O) groups is 2. The van der Waals surface area contributed by atoms with E-state index in [9.17, 15) is 14.4 Å². The summed E-state index contributed by atoms with van der Waals surface area (Å²) in [4.78, 5) is 46.5. The molecule has 1 aromatic rings. The maximum absolute atomic E-state index is 13.3. The van der Waals surface area contributed by atoms with Crippen LogP contribution in [0.2, 0.25) is 0 Å². The fraction of sp³-hybridized carbons (Fsp3) is 0.593. The van der Waals surface area contributed by atoms with Crippen molar-refractivity contribution in [1.29, 1.82) is 0 Å². The quantitative estimate of drug-likeness (QED) is 0.152. The van der Waals surface area contributed by atoms with Crippen molar-refractivity contribution in [3.63, 3.8) is 0 Å². The Morgan fingerprint density at radius 2 is 2.03 bits per heavy atom. The van der Waals surface area contributed by atoms with Crippen molar-refractivity contribution in [2.24, 2.45) is 9.98 Å². The lowest BCUT2D eigenvalue weighted by molar-refractivity contribution is -0.126. The second kappa shape index (κ2) is 17.0. The van der Waals surface area contributed by atoms with Gasteiger partial charge in [-0.2, -0.15) is 0 Å². The summed E-state index contributed by atoms with van der Waals surface area (Å²) in [5.74, 6) is 0.607. The minimum Gasteiger partial charge on any atom is -0.489 e. The Kier molecular flexibility index (Phi) is 14.1. The predicted molar refractivity (Wildman–Crippen MR) is 151 cm³/mol. The Bertz CT molecular complexity index is 1090. The van der Waals surface area contributed by atoms with Crippen LogP contribution in [0.25, 0.3) is 0 Å². The van der Waals surface area contributed by atoms with Crippen molar-refractivity contribution in [1.82, 2.24) is 5.32 Å². The molecule has 0 unspecified atom stereocenters. The van der Waals surface area contributed by atoms with Gasteiger partial charge in [0, 0.05) is 18.9 Å². The number of carbonyl (C=O) groups excluding carboxylic acids is 2. The standard InChI is InChI=1S/C27H39N3O8S/c1-6-8-22(23-14-21(37-9-7-2)15-24(32)38-23)29-26(33)27(4)18-39-25(30-27)19(3)28-16-20(31)17-36-13-12-35-11-10-34-5/h7,14-15,22H,2,6,8-13,16-18H2,1,3-5H3,(H,29,33)/t22-,27+/m1/s1. The summed E-state index contributed by atoms with van der Waals surface area (Å²) in [6, 6.07) is 2.33. The molecule has 0 bridgehead atoms. The number of ketones is 1. The Morgan fingerprint density at radius 3 is 2.74 bits per heavy atom. The third kappa shape index (κ3) is 11.1. The van der Waals surface area contributed by atoms with Gasteiger partial charge in [-0.1, -0.05) is 26.0 Å². The molecule has 0 spiro atoms. The highest BCUT2D eigenvalue weighted by atomic mass is 32.2. The minimum absolute atomic E-state index is 0.0409. The van der Waals surface area contributed by atoms with Crippen LogP contribution in [0.4, 0.5) is 0 Å². The number of thioether (sulfide) groups is 1. The normalized spacial score (nSPS) is 17.9.